The van der Waals surface area contributed by atoms with E-state index in [0.29, 0.717) is 18.7 Å². The lowest BCUT2D eigenvalue weighted by Crippen LogP contribution is -2.48. The molecular weight excluding hydrogens is 252 g/mol. The van der Waals surface area contributed by atoms with E-state index in [0.717, 1.165) is 25.1 Å². The Hall–Kier alpha value is -1.55. The van der Waals surface area contributed by atoms with Crippen LogP contribution in [0.5, 0.6) is 0 Å². The molecule has 1 amide bonds. The number of ether oxygens (including phenoxy) is 1. The first-order chi connectivity index (χ1) is 9.81. The fourth-order valence-corrected chi connectivity index (χ4v) is 2.67. The van der Waals surface area contributed by atoms with Crippen molar-refractivity contribution in [2.75, 3.05) is 13.1 Å². The van der Waals surface area contributed by atoms with Crippen LogP contribution in [0.2, 0.25) is 0 Å². The van der Waals surface area contributed by atoms with Crippen molar-refractivity contribution in [1.29, 1.82) is 0 Å². The lowest BCUT2D eigenvalue weighted by atomic mass is 10.1. The van der Waals surface area contributed by atoms with Gasteiger partial charge in [0.15, 0.2) is 0 Å². The first-order valence-corrected chi connectivity index (χ1v) is 7.53. The van der Waals surface area contributed by atoms with Gasteiger partial charge in [-0.3, -0.25) is 0 Å². The molecule has 0 unspecified atom stereocenters. The summed E-state index contributed by atoms with van der Waals surface area (Å²) in [6, 6.07) is 11.0. The number of hydrogen-bond acceptors (Lipinski definition) is 3. The molecule has 0 aromatic heterocycles. The van der Waals surface area contributed by atoms with Crippen LogP contribution in [0.4, 0.5) is 4.79 Å². The zero-order chi connectivity index (χ0) is 13.8. The fourth-order valence-electron chi connectivity index (χ4n) is 2.67. The van der Waals surface area contributed by atoms with Gasteiger partial charge in [0.1, 0.15) is 6.61 Å². The third kappa shape index (κ3) is 3.73. The van der Waals surface area contributed by atoms with Gasteiger partial charge in [-0.25, -0.2) is 4.79 Å². The van der Waals surface area contributed by atoms with Crippen molar-refractivity contribution in [2.24, 2.45) is 0 Å². The lowest BCUT2D eigenvalue weighted by molar-refractivity contribution is 0.0831. The van der Waals surface area contributed by atoms with E-state index in [4.69, 9.17) is 4.74 Å². The van der Waals surface area contributed by atoms with Gasteiger partial charge in [-0.1, -0.05) is 30.3 Å². The highest BCUT2D eigenvalue weighted by Gasteiger charge is 2.29. The van der Waals surface area contributed by atoms with Gasteiger partial charge in [0.2, 0.25) is 0 Å². The quantitative estimate of drug-likeness (QED) is 0.917. The van der Waals surface area contributed by atoms with Crippen LogP contribution in [-0.4, -0.2) is 36.2 Å². The van der Waals surface area contributed by atoms with Crippen LogP contribution in [0.15, 0.2) is 30.3 Å². The van der Waals surface area contributed by atoms with E-state index in [2.05, 4.69) is 5.32 Å². The molecule has 1 saturated carbocycles. The maximum atomic E-state index is 12.1. The molecule has 1 aliphatic carbocycles. The van der Waals surface area contributed by atoms with E-state index in [1.165, 1.54) is 19.3 Å². The number of amides is 1. The molecule has 2 fully saturated rings. The summed E-state index contributed by atoms with van der Waals surface area (Å²) in [5, 5.41) is 3.60. The number of carbonyl (C=O) groups is 1. The summed E-state index contributed by atoms with van der Waals surface area (Å²) in [5.74, 6) is 0. The second kappa shape index (κ2) is 6.27. The Labute approximate surface area is 120 Å². The third-order valence-electron chi connectivity index (χ3n) is 3.93. The molecule has 1 heterocycles. The van der Waals surface area contributed by atoms with Crippen molar-refractivity contribution < 1.29 is 9.53 Å². The number of nitrogens with one attached hydrogen (secondary N) is 1. The highest BCUT2D eigenvalue weighted by molar-refractivity contribution is 5.67. The zero-order valence-corrected chi connectivity index (χ0v) is 11.8. The largest absolute Gasteiger partial charge is 0.445 e. The standard InChI is InChI=1S/C16H22N2O2/c19-16(20-12-13-5-2-1-3-6-13)18-10-4-7-15(11-18)17-14-8-9-14/h1-3,5-6,14-15,17H,4,7-12H2/t15-/m0/s1. The van der Waals surface area contributed by atoms with E-state index in [9.17, 15) is 4.79 Å². The number of benzene rings is 1. The molecule has 0 radical (unpaired) electrons. The molecule has 1 aliphatic heterocycles. The van der Waals surface area contributed by atoms with Crippen molar-refractivity contribution in [1.82, 2.24) is 10.2 Å². The molecule has 3 rings (SSSR count). The number of carbonyl (C=O) groups excluding carboxylic acids is 1. The Kier molecular flexibility index (Phi) is 4.21. The number of nitrogens with zero attached hydrogens (tertiary/aromatic N) is 1. The van der Waals surface area contributed by atoms with Crippen LogP contribution in [-0.2, 0) is 11.3 Å². The van der Waals surface area contributed by atoms with Gasteiger partial charge in [0, 0.05) is 25.2 Å². The minimum atomic E-state index is -0.184. The van der Waals surface area contributed by atoms with Gasteiger partial charge in [-0.15, -0.1) is 0 Å². The van der Waals surface area contributed by atoms with Gasteiger partial charge < -0.3 is 15.0 Å². The summed E-state index contributed by atoms with van der Waals surface area (Å²) in [4.78, 5) is 13.9. The van der Waals surface area contributed by atoms with Crippen LogP contribution >= 0.6 is 0 Å². The molecule has 1 aromatic rings. The second-order valence-corrected chi connectivity index (χ2v) is 5.77. The number of likely N-dealkylation sites (tertiary alicyclic amines) is 1. The summed E-state index contributed by atoms with van der Waals surface area (Å²) in [5.41, 5.74) is 1.03. The molecule has 1 atom stereocenters. The molecule has 2 aliphatic rings. The third-order valence-corrected chi connectivity index (χ3v) is 3.93. The second-order valence-electron chi connectivity index (χ2n) is 5.77. The van der Waals surface area contributed by atoms with Crippen LogP contribution in [0.3, 0.4) is 0 Å². The maximum absolute atomic E-state index is 12.1. The van der Waals surface area contributed by atoms with Gasteiger partial charge in [0.05, 0.1) is 0 Å². The number of rotatable bonds is 4. The fraction of sp³-hybridized carbons (Fsp3) is 0.562. The molecule has 4 nitrogen and oxygen atoms in total. The topological polar surface area (TPSA) is 41.6 Å². The van der Waals surface area contributed by atoms with Crippen molar-refractivity contribution in [3.63, 3.8) is 0 Å². The molecule has 20 heavy (non-hydrogen) atoms. The van der Waals surface area contributed by atoms with Crippen LogP contribution < -0.4 is 5.32 Å². The normalized spacial score (nSPS) is 22.6. The summed E-state index contributed by atoms with van der Waals surface area (Å²) < 4.78 is 5.40. The van der Waals surface area contributed by atoms with Crippen LogP contribution in [0.1, 0.15) is 31.2 Å². The highest BCUT2D eigenvalue weighted by atomic mass is 16.6. The molecule has 1 aromatic carbocycles. The minimum Gasteiger partial charge on any atom is -0.445 e. The molecule has 108 valence electrons. The Morgan fingerprint density at radius 1 is 1.20 bits per heavy atom. The van der Waals surface area contributed by atoms with E-state index in [1.807, 2.05) is 35.2 Å². The first kappa shape index (κ1) is 13.4. The Morgan fingerprint density at radius 3 is 2.75 bits per heavy atom. The van der Waals surface area contributed by atoms with Gasteiger partial charge in [-0.2, -0.15) is 0 Å². The van der Waals surface area contributed by atoms with Crippen molar-refractivity contribution >= 4 is 6.09 Å². The van der Waals surface area contributed by atoms with E-state index < -0.39 is 0 Å². The number of piperidine rings is 1. The molecule has 0 bridgehead atoms. The van der Waals surface area contributed by atoms with E-state index in [-0.39, 0.29) is 6.09 Å². The molecule has 0 spiro atoms. The monoisotopic (exact) mass is 274 g/mol. The lowest BCUT2D eigenvalue weighted by Gasteiger charge is -2.32. The summed E-state index contributed by atoms with van der Waals surface area (Å²) in [6.45, 7) is 1.96. The molecule has 1 N–H and O–H groups in total. The van der Waals surface area contributed by atoms with Crippen LogP contribution in [0.25, 0.3) is 0 Å². The number of hydrogen-bond donors (Lipinski definition) is 1. The summed E-state index contributed by atoms with van der Waals surface area (Å²) >= 11 is 0. The summed E-state index contributed by atoms with van der Waals surface area (Å²) in [7, 11) is 0. The predicted octanol–water partition coefficient (Wildman–Crippen LogP) is 2.54. The Morgan fingerprint density at radius 2 is 2.00 bits per heavy atom. The highest BCUT2D eigenvalue weighted by Crippen LogP contribution is 2.22. The predicted molar refractivity (Wildman–Crippen MR) is 77.4 cm³/mol. The van der Waals surface area contributed by atoms with Crippen molar-refractivity contribution in [3.05, 3.63) is 35.9 Å². The summed E-state index contributed by atoms with van der Waals surface area (Å²) in [6.07, 6.45) is 4.62. The average Bonchev–Trinajstić information content (AvgIpc) is 3.30. The average molecular weight is 274 g/mol. The molecular formula is C16H22N2O2. The Balaban J connectivity index is 1.46. The smallest absolute Gasteiger partial charge is 0.410 e. The van der Waals surface area contributed by atoms with Crippen LogP contribution in [0, 0.1) is 0 Å². The van der Waals surface area contributed by atoms with Gasteiger partial charge in [-0.05, 0) is 31.2 Å². The van der Waals surface area contributed by atoms with E-state index >= 15 is 0 Å². The molecule has 1 saturated heterocycles. The Bertz CT molecular complexity index is 445. The van der Waals surface area contributed by atoms with Crippen molar-refractivity contribution in [3.8, 4) is 0 Å². The van der Waals surface area contributed by atoms with Gasteiger partial charge >= 0.3 is 6.09 Å². The minimum absolute atomic E-state index is 0.184. The maximum Gasteiger partial charge on any atom is 0.410 e. The van der Waals surface area contributed by atoms with Crippen molar-refractivity contribution in [2.45, 2.75) is 44.4 Å². The van der Waals surface area contributed by atoms with Gasteiger partial charge in [0.25, 0.3) is 0 Å². The molecule has 4 heteroatoms. The zero-order valence-electron chi connectivity index (χ0n) is 11.8. The first-order valence-electron chi connectivity index (χ1n) is 7.53. The van der Waals surface area contributed by atoms with E-state index in [1.54, 1.807) is 0 Å². The SMILES string of the molecule is O=C(OCc1ccccc1)N1CCC[C@H](NC2CC2)C1.